The van der Waals surface area contributed by atoms with E-state index in [1.807, 2.05) is 25.1 Å². The number of halogens is 1. The lowest BCUT2D eigenvalue weighted by Crippen LogP contribution is -1.93. The second-order valence-electron chi connectivity index (χ2n) is 2.63. The molecule has 0 atom stereocenters. The Morgan fingerprint density at radius 1 is 1.57 bits per heavy atom. The maximum atomic E-state index is 8.64. The van der Waals surface area contributed by atoms with Crippen molar-refractivity contribution in [3.05, 3.63) is 40.9 Å². The van der Waals surface area contributed by atoms with Gasteiger partial charge in [0.15, 0.2) is 0 Å². The monoisotopic (exact) mass is 207 g/mol. The van der Waals surface area contributed by atoms with Crippen LogP contribution in [0, 0.1) is 11.3 Å². The molecule has 0 aliphatic carbocycles. The number of benzene rings is 1. The van der Waals surface area contributed by atoms with Gasteiger partial charge in [-0.15, -0.1) is 0 Å². The number of allylic oxidation sites excluding steroid dienone is 1. The summed E-state index contributed by atoms with van der Waals surface area (Å²) in [7, 11) is 0. The van der Waals surface area contributed by atoms with Gasteiger partial charge in [0.2, 0.25) is 0 Å². The van der Waals surface area contributed by atoms with Crippen molar-refractivity contribution in [3.8, 4) is 11.8 Å². The van der Waals surface area contributed by atoms with Gasteiger partial charge >= 0.3 is 0 Å². The van der Waals surface area contributed by atoms with Crippen LogP contribution in [-0.2, 0) is 0 Å². The van der Waals surface area contributed by atoms with E-state index in [1.54, 1.807) is 18.2 Å². The van der Waals surface area contributed by atoms with Gasteiger partial charge in [-0.25, -0.2) is 0 Å². The molecule has 0 unspecified atom stereocenters. The maximum Gasteiger partial charge on any atom is 0.121 e. The average molecular weight is 208 g/mol. The lowest BCUT2D eigenvalue weighted by atomic mass is 10.2. The van der Waals surface area contributed by atoms with Crippen molar-refractivity contribution in [2.24, 2.45) is 0 Å². The molecule has 0 amide bonds. The smallest absolute Gasteiger partial charge is 0.121 e. The Kier molecular flexibility index (Phi) is 4.03. The molecule has 0 heterocycles. The van der Waals surface area contributed by atoms with Crippen molar-refractivity contribution in [1.29, 1.82) is 5.26 Å². The van der Waals surface area contributed by atoms with Crippen LogP contribution in [0.4, 0.5) is 0 Å². The van der Waals surface area contributed by atoms with Gasteiger partial charge in [0.25, 0.3) is 0 Å². The zero-order valence-electron chi connectivity index (χ0n) is 7.83. The van der Waals surface area contributed by atoms with Crippen molar-refractivity contribution < 1.29 is 4.74 Å². The minimum atomic E-state index is 0.422. The van der Waals surface area contributed by atoms with Crippen LogP contribution >= 0.6 is 11.6 Å². The van der Waals surface area contributed by atoms with Gasteiger partial charge in [-0.1, -0.05) is 23.8 Å². The van der Waals surface area contributed by atoms with Gasteiger partial charge in [-0.2, -0.15) is 5.26 Å². The lowest BCUT2D eigenvalue weighted by Gasteiger charge is -2.03. The standard InChI is InChI=1S/C11H10ClNO/c1-2-3-6-14-10-5-4-9(8-13)11(12)7-10/h2-5,7H,6H2,1H3/b3-2+. The number of hydrogen-bond donors (Lipinski definition) is 0. The van der Waals surface area contributed by atoms with Crippen LogP contribution in [0.3, 0.4) is 0 Å². The summed E-state index contributed by atoms with van der Waals surface area (Å²) in [5.74, 6) is 0.673. The van der Waals surface area contributed by atoms with Crippen LogP contribution in [0.15, 0.2) is 30.4 Å². The molecule has 0 fully saturated rings. The second kappa shape index (κ2) is 5.31. The highest BCUT2D eigenvalue weighted by Gasteiger charge is 2.00. The lowest BCUT2D eigenvalue weighted by molar-refractivity contribution is 0.363. The minimum absolute atomic E-state index is 0.422. The number of nitrogens with zero attached hydrogens (tertiary/aromatic N) is 1. The first-order chi connectivity index (χ1) is 6.77. The average Bonchev–Trinajstić information content (AvgIpc) is 2.18. The van der Waals surface area contributed by atoms with E-state index in [0.717, 1.165) is 0 Å². The molecular formula is C11H10ClNO. The fourth-order valence-corrected chi connectivity index (χ4v) is 1.13. The van der Waals surface area contributed by atoms with Crippen molar-refractivity contribution in [1.82, 2.24) is 0 Å². The number of ether oxygens (including phenoxy) is 1. The summed E-state index contributed by atoms with van der Waals surface area (Å²) in [5.41, 5.74) is 0.463. The highest BCUT2D eigenvalue weighted by atomic mass is 35.5. The summed E-state index contributed by atoms with van der Waals surface area (Å²) in [5, 5.41) is 9.06. The van der Waals surface area contributed by atoms with E-state index in [1.165, 1.54) is 0 Å². The van der Waals surface area contributed by atoms with Crippen molar-refractivity contribution in [2.75, 3.05) is 6.61 Å². The van der Waals surface area contributed by atoms with Crippen LogP contribution in [0.5, 0.6) is 5.75 Å². The fourth-order valence-electron chi connectivity index (χ4n) is 0.917. The molecule has 0 radical (unpaired) electrons. The molecular weight excluding hydrogens is 198 g/mol. The van der Waals surface area contributed by atoms with E-state index in [4.69, 9.17) is 21.6 Å². The summed E-state index contributed by atoms with van der Waals surface area (Å²) in [6.07, 6.45) is 3.80. The van der Waals surface area contributed by atoms with Crippen LogP contribution < -0.4 is 4.74 Å². The molecule has 3 heteroatoms. The molecule has 14 heavy (non-hydrogen) atoms. The third kappa shape index (κ3) is 2.79. The van der Waals surface area contributed by atoms with Gasteiger partial charge in [0.05, 0.1) is 10.6 Å². The van der Waals surface area contributed by atoms with Crippen molar-refractivity contribution in [2.45, 2.75) is 6.92 Å². The normalized spacial score (nSPS) is 10.1. The first-order valence-corrected chi connectivity index (χ1v) is 4.59. The van der Waals surface area contributed by atoms with E-state index in [0.29, 0.717) is 22.9 Å². The van der Waals surface area contributed by atoms with Crippen LogP contribution in [0.2, 0.25) is 5.02 Å². The Morgan fingerprint density at radius 2 is 2.36 bits per heavy atom. The van der Waals surface area contributed by atoms with Crippen LogP contribution in [-0.4, -0.2) is 6.61 Å². The highest BCUT2D eigenvalue weighted by Crippen LogP contribution is 2.21. The Labute approximate surface area is 88.4 Å². The number of rotatable bonds is 3. The Hall–Kier alpha value is -1.46. The second-order valence-corrected chi connectivity index (χ2v) is 3.04. The quantitative estimate of drug-likeness (QED) is 0.714. The molecule has 0 saturated carbocycles. The summed E-state index contributed by atoms with van der Waals surface area (Å²) in [6, 6.07) is 7.01. The molecule has 0 bridgehead atoms. The fraction of sp³-hybridized carbons (Fsp3) is 0.182. The van der Waals surface area contributed by atoms with E-state index < -0.39 is 0 Å². The first-order valence-electron chi connectivity index (χ1n) is 4.21. The Morgan fingerprint density at radius 3 is 2.93 bits per heavy atom. The van der Waals surface area contributed by atoms with E-state index in [-0.39, 0.29) is 0 Å². The van der Waals surface area contributed by atoms with Gasteiger partial charge < -0.3 is 4.74 Å². The van der Waals surface area contributed by atoms with E-state index in [2.05, 4.69) is 0 Å². The molecule has 2 nitrogen and oxygen atoms in total. The van der Waals surface area contributed by atoms with Crippen molar-refractivity contribution in [3.63, 3.8) is 0 Å². The highest BCUT2D eigenvalue weighted by molar-refractivity contribution is 6.31. The van der Waals surface area contributed by atoms with E-state index in [9.17, 15) is 0 Å². The number of nitriles is 1. The van der Waals surface area contributed by atoms with E-state index >= 15 is 0 Å². The zero-order valence-corrected chi connectivity index (χ0v) is 8.58. The molecule has 72 valence electrons. The molecule has 0 N–H and O–H groups in total. The van der Waals surface area contributed by atoms with Gasteiger partial charge in [-0.05, 0) is 19.1 Å². The van der Waals surface area contributed by atoms with Crippen LogP contribution in [0.25, 0.3) is 0 Å². The zero-order chi connectivity index (χ0) is 10.4. The SMILES string of the molecule is C/C=C/COc1ccc(C#N)c(Cl)c1. The molecule has 0 spiro atoms. The number of hydrogen-bond acceptors (Lipinski definition) is 2. The molecule has 0 aliphatic heterocycles. The molecule has 0 aromatic heterocycles. The summed E-state index contributed by atoms with van der Waals surface area (Å²) >= 11 is 5.82. The third-order valence-corrected chi connectivity index (χ3v) is 1.96. The Bertz CT molecular complexity index is 379. The van der Waals surface area contributed by atoms with Gasteiger partial charge in [-0.3, -0.25) is 0 Å². The molecule has 1 aromatic rings. The molecule has 1 rings (SSSR count). The predicted molar refractivity (Wildman–Crippen MR) is 56.5 cm³/mol. The molecule has 0 aliphatic rings. The third-order valence-electron chi connectivity index (χ3n) is 1.64. The van der Waals surface area contributed by atoms with Crippen molar-refractivity contribution >= 4 is 11.6 Å². The predicted octanol–water partition coefficient (Wildman–Crippen LogP) is 3.17. The first kappa shape index (κ1) is 10.6. The summed E-state index contributed by atoms with van der Waals surface area (Å²) in [6.45, 7) is 2.44. The largest absolute Gasteiger partial charge is 0.489 e. The van der Waals surface area contributed by atoms with Gasteiger partial charge in [0, 0.05) is 6.07 Å². The summed E-state index contributed by atoms with van der Waals surface area (Å²) < 4.78 is 5.35. The Balaban J connectivity index is 2.72. The summed E-state index contributed by atoms with van der Waals surface area (Å²) in [4.78, 5) is 0. The maximum absolute atomic E-state index is 8.64. The molecule has 0 saturated heterocycles. The van der Waals surface area contributed by atoms with Gasteiger partial charge in [0.1, 0.15) is 18.4 Å². The topological polar surface area (TPSA) is 33.0 Å². The molecule has 1 aromatic carbocycles. The van der Waals surface area contributed by atoms with Crippen LogP contribution in [0.1, 0.15) is 12.5 Å². The minimum Gasteiger partial charge on any atom is -0.489 e.